The smallest absolute Gasteiger partial charge is 0.123 e. The lowest BCUT2D eigenvalue weighted by Crippen LogP contribution is -2.24. The first-order valence-electron chi connectivity index (χ1n) is 4.19. The molecule has 5 N–H and O–H groups in total. The summed E-state index contributed by atoms with van der Waals surface area (Å²) < 4.78 is 0. The molecule has 0 amide bonds. The number of nitrogen functional groups attached to an aromatic ring is 1. The molecule has 4 nitrogen and oxygen atoms in total. The maximum atomic E-state index is 9.28. The van der Waals surface area contributed by atoms with E-state index >= 15 is 0 Å². The van der Waals surface area contributed by atoms with E-state index < -0.39 is 12.1 Å². The number of hydrogen-bond donors (Lipinski definition) is 3. The first-order chi connectivity index (χ1) is 6.02. The fraction of sp³-hybridized carbons (Fsp3) is 0.444. The van der Waals surface area contributed by atoms with Crippen LogP contribution < -0.4 is 11.5 Å². The number of nitrogens with two attached hydrogens (primary N) is 2. The van der Waals surface area contributed by atoms with Crippen molar-refractivity contribution in [3.05, 3.63) is 23.4 Å². The minimum absolute atomic E-state index is 0.395. The molecule has 0 spiro atoms. The van der Waals surface area contributed by atoms with E-state index in [9.17, 15) is 5.11 Å². The number of aryl methyl sites for hydroxylation is 1. The summed E-state index contributed by atoms with van der Waals surface area (Å²) in [5.41, 5.74) is 12.9. The Morgan fingerprint density at radius 3 is 2.54 bits per heavy atom. The molecule has 0 unspecified atom stereocenters. The predicted octanol–water partition coefficient (Wildman–Crippen LogP) is 0.353. The lowest BCUT2D eigenvalue weighted by molar-refractivity contribution is 0.164. The van der Waals surface area contributed by atoms with Gasteiger partial charge in [0.2, 0.25) is 0 Å². The number of aliphatic hydroxyl groups is 1. The SMILES string of the molecule is Cc1nc(N)ccc1[C@@H](N)[C@H](C)O. The van der Waals surface area contributed by atoms with E-state index in [4.69, 9.17) is 11.5 Å². The predicted molar refractivity (Wildman–Crippen MR) is 52.0 cm³/mol. The normalized spacial score (nSPS) is 15.4. The van der Waals surface area contributed by atoms with E-state index in [0.29, 0.717) is 5.82 Å². The third-order valence-electron chi connectivity index (χ3n) is 2.03. The summed E-state index contributed by atoms with van der Waals surface area (Å²) in [6.45, 7) is 3.48. The number of hydrogen-bond acceptors (Lipinski definition) is 4. The van der Waals surface area contributed by atoms with E-state index in [2.05, 4.69) is 4.98 Å². The molecule has 0 fully saturated rings. The van der Waals surface area contributed by atoms with Crippen molar-refractivity contribution in [3.63, 3.8) is 0 Å². The van der Waals surface area contributed by atoms with E-state index in [-0.39, 0.29) is 0 Å². The van der Waals surface area contributed by atoms with Gasteiger partial charge in [0, 0.05) is 5.69 Å². The molecule has 1 rings (SSSR count). The molecule has 1 heterocycles. The average Bonchev–Trinajstić information content (AvgIpc) is 2.03. The molecule has 0 aliphatic heterocycles. The zero-order valence-electron chi connectivity index (χ0n) is 7.86. The van der Waals surface area contributed by atoms with Crippen molar-refractivity contribution >= 4 is 5.82 Å². The Hall–Kier alpha value is -1.13. The van der Waals surface area contributed by atoms with Gasteiger partial charge in [0.25, 0.3) is 0 Å². The Morgan fingerprint density at radius 1 is 1.46 bits per heavy atom. The highest BCUT2D eigenvalue weighted by Crippen LogP contribution is 2.17. The number of rotatable bonds is 2. The van der Waals surface area contributed by atoms with Gasteiger partial charge in [-0.1, -0.05) is 6.07 Å². The van der Waals surface area contributed by atoms with Crippen LogP contribution in [0, 0.1) is 6.92 Å². The number of nitrogens with zero attached hydrogens (tertiary/aromatic N) is 1. The first kappa shape index (κ1) is 9.95. The van der Waals surface area contributed by atoms with Gasteiger partial charge in [-0.2, -0.15) is 0 Å². The topological polar surface area (TPSA) is 85.2 Å². The molecule has 0 aliphatic carbocycles. The van der Waals surface area contributed by atoms with Gasteiger partial charge in [-0.25, -0.2) is 4.98 Å². The Labute approximate surface area is 77.6 Å². The van der Waals surface area contributed by atoms with Crippen LogP contribution in [-0.4, -0.2) is 16.2 Å². The van der Waals surface area contributed by atoms with Crippen molar-refractivity contribution in [2.24, 2.45) is 5.73 Å². The summed E-state index contributed by atoms with van der Waals surface area (Å²) in [5, 5.41) is 9.28. The van der Waals surface area contributed by atoms with Gasteiger partial charge in [-0.05, 0) is 25.5 Å². The third kappa shape index (κ3) is 2.17. The van der Waals surface area contributed by atoms with Crippen molar-refractivity contribution in [1.29, 1.82) is 0 Å². The summed E-state index contributed by atoms with van der Waals surface area (Å²) in [6.07, 6.45) is -0.580. The highest BCUT2D eigenvalue weighted by Gasteiger charge is 2.14. The van der Waals surface area contributed by atoms with Crippen LogP contribution in [0.15, 0.2) is 12.1 Å². The zero-order valence-corrected chi connectivity index (χ0v) is 7.86. The largest absolute Gasteiger partial charge is 0.391 e. The minimum atomic E-state index is -0.580. The lowest BCUT2D eigenvalue weighted by atomic mass is 10.0. The highest BCUT2D eigenvalue weighted by atomic mass is 16.3. The van der Waals surface area contributed by atoms with Crippen LogP contribution in [0.4, 0.5) is 5.82 Å². The van der Waals surface area contributed by atoms with Gasteiger partial charge in [0.05, 0.1) is 12.1 Å². The highest BCUT2D eigenvalue weighted by molar-refractivity contribution is 5.35. The Bertz CT molecular complexity index is 299. The average molecular weight is 181 g/mol. The van der Waals surface area contributed by atoms with Crippen LogP contribution in [0.25, 0.3) is 0 Å². The zero-order chi connectivity index (χ0) is 10.0. The van der Waals surface area contributed by atoms with Crippen LogP contribution in [0.3, 0.4) is 0 Å². The minimum Gasteiger partial charge on any atom is -0.391 e. The van der Waals surface area contributed by atoms with E-state index in [0.717, 1.165) is 11.3 Å². The summed E-state index contributed by atoms with van der Waals surface area (Å²) in [7, 11) is 0. The summed E-state index contributed by atoms with van der Waals surface area (Å²) in [4.78, 5) is 4.06. The lowest BCUT2D eigenvalue weighted by Gasteiger charge is -2.16. The molecule has 0 aromatic carbocycles. The number of pyridine rings is 1. The van der Waals surface area contributed by atoms with Crippen molar-refractivity contribution in [3.8, 4) is 0 Å². The Morgan fingerprint density at radius 2 is 2.08 bits per heavy atom. The molecule has 2 atom stereocenters. The standard InChI is InChI=1S/C9H15N3O/c1-5-7(9(11)6(2)13)3-4-8(10)12-5/h3-4,6,9,13H,11H2,1-2H3,(H2,10,12)/t6-,9-/m0/s1. The van der Waals surface area contributed by atoms with Crippen molar-refractivity contribution < 1.29 is 5.11 Å². The Balaban J connectivity index is 3.01. The molecule has 0 saturated heterocycles. The van der Waals surface area contributed by atoms with E-state index in [1.165, 1.54) is 0 Å². The molecule has 0 bridgehead atoms. The summed E-state index contributed by atoms with van der Waals surface area (Å²) >= 11 is 0. The van der Waals surface area contributed by atoms with Gasteiger partial charge in [-0.3, -0.25) is 0 Å². The fourth-order valence-corrected chi connectivity index (χ4v) is 1.20. The quantitative estimate of drug-likeness (QED) is 0.614. The van der Waals surface area contributed by atoms with Crippen LogP contribution in [-0.2, 0) is 0 Å². The molecular formula is C9H15N3O. The molecule has 1 aromatic heterocycles. The maximum Gasteiger partial charge on any atom is 0.123 e. The van der Waals surface area contributed by atoms with E-state index in [1.807, 2.05) is 6.92 Å². The monoisotopic (exact) mass is 181 g/mol. The molecule has 0 radical (unpaired) electrons. The van der Waals surface area contributed by atoms with Crippen molar-refractivity contribution in [1.82, 2.24) is 4.98 Å². The van der Waals surface area contributed by atoms with Crippen LogP contribution in [0.1, 0.15) is 24.2 Å². The Kier molecular flexibility index (Phi) is 2.85. The third-order valence-corrected chi connectivity index (χ3v) is 2.03. The summed E-state index contributed by atoms with van der Waals surface area (Å²) in [6, 6.07) is 3.09. The van der Waals surface area contributed by atoms with Gasteiger partial charge in [0.1, 0.15) is 5.82 Å². The second-order valence-corrected chi connectivity index (χ2v) is 3.18. The summed E-state index contributed by atoms with van der Waals surface area (Å²) in [5.74, 6) is 0.471. The molecule has 0 saturated carbocycles. The van der Waals surface area contributed by atoms with Gasteiger partial charge >= 0.3 is 0 Å². The second-order valence-electron chi connectivity index (χ2n) is 3.18. The fourth-order valence-electron chi connectivity index (χ4n) is 1.20. The van der Waals surface area contributed by atoms with E-state index in [1.54, 1.807) is 19.1 Å². The first-order valence-corrected chi connectivity index (χ1v) is 4.19. The number of aliphatic hydroxyl groups excluding tert-OH is 1. The van der Waals surface area contributed by atoms with Crippen LogP contribution in [0.5, 0.6) is 0 Å². The van der Waals surface area contributed by atoms with Crippen molar-refractivity contribution in [2.75, 3.05) is 5.73 Å². The van der Waals surface area contributed by atoms with Gasteiger partial charge < -0.3 is 16.6 Å². The molecule has 13 heavy (non-hydrogen) atoms. The van der Waals surface area contributed by atoms with Crippen LogP contribution in [0.2, 0.25) is 0 Å². The maximum absolute atomic E-state index is 9.28. The molecular weight excluding hydrogens is 166 g/mol. The van der Waals surface area contributed by atoms with Crippen molar-refractivity contribution in [2.45, 2.75) is 26.0 Å². The molecule has 72 valence electrons. The van der Waals surface area contributed by atoms with Crippen LogP contribution >= 0.6 is 0 Å². The van der Waals surface area contributed by atoms with Gasteiger partial charge in [-0.15, -0.1) is 0 Å². The van der Waals surface area contributed by atoms with Gasteiger partial charge in [0.15, 0.2) is 0 Å². The number of aromatic nitrogens is 1. The molecule has 4 heteroatoms. The second kappa shape index (κ2) is 3.72. The number of anilines is 1. The molecule has 1 aromatic rings. The molecule has 0 aliphatic rings.